The molecule has 8 nitrogen and oxygen atoms in total. The van der Waals surface area contributed by atoms with Crippen LogP contribution in [0, 0.1) is 0 Å². The van der Waals surface area contributed by atoms with Crippen LogP contribution in [-0.2, 0) is 0 Å². The Morgan fingerprint density at radius 1 is 0.125 bits per heavy atom. The van der Waals surface area contributed by atoms with Gasteiger partial charge in [0.2, 0.25) is 0 Å². The maximum atomic E-state index is 9.80. The summed E-state index contributed by atoms with van der Waals surface area (Å²) in [6.45, 7) is 0. The van der Waals surface area contributed by atoms with Gasteiger partial charge in [0.1, 0.15) is 46.0 Å². The number of aromatic hydroxyl groups is 8. The van der Waals surface area contributed by atoms with Crippen molar-refractivity contribution in [2.24, 2.45) is 0 Å². The highest BCUT2D eigenvalue weighted by atomic mass is 16.3. The molecule has 0 atom stereocenters. The van der Waals surface area contributed by atoms with Crippen LogP contribution in [-0.4, -0.2) is 40.9 Å². The summed E-state index contributed by atoms with van der Waals surface area (Å²) in [6, 6.07) is 74.4. The molecular weight excluding hydrogens is 897 g/mol. The number of hydrogen-bond donors (Lipinski definition) is 8. The minimum atomic E-state index is -0.0824. The molecule has 10 rings (SSSR count). The van der Waals surface area contributed by atoms with Crippen LogP contribution in [0.1, 0.15) is 90.4 Å². The van der Waals surface area contributed by atoms with Gasteiger partial charge in [0, 0.05) is 23.7 Å². The van der Waals surface area contributed by atoms with E-state index in [1.165, 1.54) is 0 Å². The Kier molecular flexibility index (Phi) is 14.2. The van der Waals surface area contributed by atoms with Crippen molar-refractivity contribution in [3.8, 4) is 46.0 Å². The molecule has 0 radical (unpaired) electrons. The third-order valence-electron chi connectivity index (χ3n) is 13.0. The fourth-order valence-electron chi connectivity index (χ4n) is 9.41. The van der Waals surface area contributed by atoms with E-state index in [0.717, 1.165) is 66.8 Å². The molecule has 10 aromatic rings. The summed E-state index contributed by atoms with van der Waals surface area (Å²) in [5.74, 6) is 1.37. The molecule has 0 aliphatic heterocycles. The lowest BCUT2D eigenvalue weighted by atomic mass is 9.81. The lowest BCUT2D eigenvalue weighted by Crippen LogP contribution is -2.06. The topological polar surface area (TPSA) is 162 Å². The van der Waals surface area contributed by atoms with Crippen LogP contribution in [0.5, 0.6) is 46.0 Å². The van der Waals surface area contributed by atoms with Gasteiger partial charge in [-0.3, -0.25) is 0 Å². The van der Waals surface area contributed by atoms with E-state index in [-0.39, 0.29) is 69.7 Å². The maximum absolute atomic E-state index is 9.80. The number of rotatable bonds is 12. The van der Waals surface area contributed by atoms with Gasteiger partial charge in [-0.2, -0.15) is 0 Å². The standard InChI is InChI=1S/2C32H26O4/c2*33-27-13-5-23(6-14-27)31(24-7-15-28(34)16-8-24)21-1-2-22(4-3-21)32(25-9-17-29(35)18-10-25)26-11-19-30(36)20-12-26/h2*1-20,31-36H. The Morgan fingerprint density at radius 3 is 0.278 bits per heavy atom. The molecule has 0 saturated carbocycles. The normalized spacial score (nSPS) is 11.2. The molecule has 0 aliphatic rings. The molecule has 0 heterocycles. The van der Waals surface area contributed by atoms with Crippen molar-refractivity contribution < 1.29 is 40.9 Å². The van der Waals surface area contributed by atoms with E-state index < -0.39 is 0 Å². The molecule has 0 saturated heterocycles. The quantitative estimate of drug-likeness (QED) is 0.0562. The summed E-state index contributed by atoms with van der Waals surface area (Å²) in [5, 5.41) is 78.4. The number of benzene rings is 10. The van der Waals surface area contributed by atoms with Crippen molar-refractivity contribution in [3.05, 3.63) is 309 Å². The summed E-state index contributed by atoms with van der Waals surface area (Å²) in [6.07, 6.45) is 0. The molecule has 0 aromatic heterocycles. The predicted molar refractivity (Wildman–Crippen MR) is 282 cm³/mol. The van der Waals surface area contributed by atoms with Gasteiger partial charge in [-0.15, -0.1) is 0 Å². The van der Waals surface area contributed by atoms with Gasteiger partial charge in [0.15, 0.2) is 0 Å². The van der Waals surface area contributed by atoms with Gasteiger partial charge in [-0.05, 0) is 164 Å². The summed E-state index contributed by atoms with van der Waals surface area (Å²) < 4.78 is 0. The summed E-state index contributed by atoms with van der Waals surface area (Å²) >= 11 is 0. The first kappa shape index (κ1) is 47.7. The van der Waals surface area contributed by atoms with E-state index in [2.05, 4.69) is 48.5 Å². The van der Waals surface area contributed by atoms with Crippen LogP contribution in [0.3, 0.4) is 0 Å². The monoisotopic (exact) mass is 948 g/mol. The molecule has 0 aliphatic carbocycles. The van der Waals surface area contributed by atoms with Crippen LogP contribution in [0.4, 0.5) is 0 Å². The Labute approximate surface area is 418 Å². The van der Waals surface area contributed by atoms with Crippen molar-refractivity contribution in [2.75, 3.05) is 0 Å². The Hall–Kier alpha value is -9.40. The lowest BCUT2D eigenvalue weighted by Gasteiger charge is -2.22. The van der Waals surface area contributed by atoms with E-state index in [9.17, 15) is 40.9 Å². The smallest absolute Gasteiger partial charge is 0.115 e. The van der Waals surface area contributed by atoms with E-state index >= 15 is 0 Å². The molecule has 0 spiro atoms. The predicted octanol–water partition coefficient (Wildman–Crippen LogP) is 13.7. The first-order valence-corrected chi connectivity index (χ1v) is 23.5. The SMILES string of the molecule is Oc1ccc(C(c2ccc(O)cc2)c2ccc(C(c3ccc(O)cc3)c3ccc(O)cc3)cc2)cc1.Oc1ccc(C(c2ccc(O)cc2)c2ccc(C(c3ccc(O)cc3)c3ccc(O)cc3)cc2)cc1. The fourth-order valence-corrected chi connectivity index (χ4v) is 9.41. The van der Waals surface area contributed by atoms with E-state index in [1.807, 2.05) is 97.1 Å². The zero-order chi connectivity index (χ0) is 50.1. The zero-order valence-corrected chi connectivity index (χ0v) is 39.0. The lowest BCUT2D eigenvalue weighted by molar-refractivity contribution is 0.474. The highest BCUT2D eigenvalue weighted by Gasteiger charge is 2.23. The highest BCUT2D eigenvalue weighted by molar-refractivity contribution is 5.52. The van der Waals surface area contributed by atoms with E-state index in [4.69, 9.17) is 0 Å². The number of phenols is 8. The molecule has 8 heteroatoms. The summed E-state index contributed by atoms with van der Waals surface area (Å²) in [7, 11) is 0. The molecule has 0 unspecified atom stereocenters. The van der Waals surface area contributed by atoms with E-state index in [1.54, 1.807) is 97.1 Å². The van der Waals surface area contributed by atoms with Crippen molar-refractivity contribution >= 4 is 0 Å². The van der Waals surface area contributed by atoms with Gasteiger partial charge >= 0.3 is 0 Å². The maximum Gasteiger partial charge on any atom is 0.115 e. The Morgan fingerprint density at radius 2 is 0.194 bits per heavy atom. The third-order valence-corrected chi connectivity index (χ3v) is 13.0. The second-order valence-corrected chi connectivity index (χ2v) is 17.8. The molecular formula is C64H52O8. The van der Waals surface area contributed by atoms with Gasteiger partial charge in [-0.25, -0.2) is 0 Å². The highest BCUT2D eigenvalue weighted by Crippen LogP contribution is 2.40. The van der Waals surface area contributed by atoms with Gasteiger partial charge in [0.05, 0.1) is 0 Å². The van der Waals surface area contributed by atoms with Gasteiger partial charge in [0.25, 0.3) is 0 Å². The average molecular weight is 949 g/mol. The minimum absolute atomic E-state index is 0.0824. The van der Waals surface area contributed by atoms with Gasteiger partial charge < -0.3 is 40.9 Å². The molecule has 72 heavy (non-hydrogen) atoms. The molecule has 10 aromatic carbocycles. The average Bonchev–Trinajstić information content (AvgIpc) is 3.40. The molecule has 8 N–H and O–H groups in total. The summed E-state index contributed by atoms with van der Waals surface area (Å²) in [4.78, 5) is 0. The number of hydrogen-bond acceptors (Lipinski definition) is 8. The summed E-state index contributed by atoms with van der Waals surface area (Å²) in [5.41, 5.74) is 12.5. The van der Waals surface area contributed by atoms with Crippen molar-refractivity contribution in [2.45, 2.75) is 23.7 Å². The zero-order valence-electron chi connectivity index (χ0n) is 39.0. The Bertz CT molecular complexity index is 2660. The first-order valence-electron chi connectivity index (χ1n) is 23.5. The molecule has 0 amide bonds. The second-order valence-electron chi connectivity index (χ2n) is 17.8. The molecule has 356 valence electrons. The van der Waals surface area contributed by atoms with Crippen LogP contribution < -0.4 is 0 Å². The fraction of sp³-hybridized carbons (Fsp3) is 0.0625. The minimum Gasteiger partial charge on any atom is -0.508 e. The van der Waals surface area contributed by atoms with Crippen molar-refractivity contribution in [1.29, 1.82) is 0 Å². The first-order chi connectivity index (χ1) is 34.9. The van der Waals surface area contributed by atoms with Crippen LogP contribution in [0.25, 0.3) is 0 Å². The van der Waals surface area contributed by atoms with Crippen LogP contribution >= 0.6 is 0 Å². The largest absolute Gasteiger partial charge is 0.508 e. The number of phenolic OH excluding ortho intramolecular Hbond substituents is 8. The van der Waals surface area contributed by atoms with Crippen molar-refractivity contribution in [3.63, 3.8) is 0 Å². The van der Waals surface area contributed by atoms with Crippen molar-refractivity contribution in [1.82, 2.24) is 0 Å². The molecule has 0 bridgehead atoms. The van der Waals surface area contributed by atoms with Crippen LogP contribution in [0.2, 0.25) is 0 Å². The van der Waals surface area contributed by atoms with E-state index in [0.29, 0.717) is 0 Å². The third kappa shape index (κ3) is 11.2. The molecule has 0 fully saturated rings. The Balaban J connectivity index is 0.000000178. The van der Waals surface area contributed by atoms with Gasteiger partial charge in [-0.1, -0.05) is 146 Å². The van der Waals surface area contributed by atoms with Crippen LogP contribution in [0.15, 0.2) is 243 Å². The second kappa shape index (κ2) is 21.5.